The zero-order valence-corrected chi connectivity index (χ0v) is 9.56. The predicted octanol–water partition coefficient (Wildman–Crippen LogP) is 0.345. The molecular weight excluding hydrogens is 204 g/mol. The van der Waals surface area contributed by atoms with Gasteiger partial charge in [0, 0.05) is 14.1 Å². The first-order chi connectivity index (χ1) is 7.49. The lowest BCUT2D eigenvalue weighted by atomic mass is 10.1. The van der Waals surface area contributed by atoms with Crippen LogP contribution in [0.25, 0.3) is 0 Å². The largest absolute Gasteiger partial charge is 0.369 e. The quantitative estimate of drug-likeness (QED) is 0.795. The molecule has 0 aromatic heterocycles. The lowest BCUT2D eigenvalue weighted by Crippen LogP contribution is -2.23. The van der Waals surface area contributed by atoms with Gasteiger partial charge in [-0.05, 0) is 11.1 Å². The van der Waals surface area contributed by atoms with E-state index < -0.39 is 0 Å². The lowest BCUT2D eigenvalue weighted by molar-refractivity contribution is -0.128. The Labute approximate surface area is 95.0 Å². The summed E-state index contributed by atoms with van der Waals surface area (Å²) in [6.45, 7) is 0. The second kappa shape index (κ2) is 5.30. The van der Waals surface area contributed by atoms with Crippen molar-refractivity contribution in [3.05, 3.63) is 35.4 Å². The molecule has 4 heteroatoms. The van der Waals surface area contributed by atoms with Gasteiger partial charge in [0.15, 0.2) is 0 Å². The van der Waals surface area contributed by atoms with E-state index in [-0.39, 0.29) is 18.2 Å². The summed E-state index contributed by atoms with van der Waals surface area (Å²) in [7, 11) is 3.45. The maximum absolute atomic E-state index is 11.4. The number of nitrogens with two attached hydrogens (primary N) is 1. The minimum absolute atomic E-state index is 0.0580. The number of carbonyl (C=O) groups excluding carboxylic acids is 2. The van der Waals surface area contributed by atoms with E-state index in [0.29, 0.717) is 6.42 Å². The first kappa shape index (κ1) is 12.2. The third-order valence-corrected chi connectivity index (χ3v) is 2.26. The van der Waals surface area contributed by atoms with Crippen molar-refractivity contribution in [1.82, 2.24) is 4.90 Å². The summed E-state index contributed by atoms with van der Waals surface area (Å²) in [6.07, 6.45) is 0.617. The van der Waals surface area contributed by atoms with Crippen molar-refractivity contribution in [3.8, 4) is 0 Å². The number of likely N-dealkylation sites (N-methyl/N-ethyl adjacent to an activating group) is 1. The van der Waals surface area contributed by atoms with Gasteiger partial charge in [-0.15, -0.1) is 0 Å². The van der Waals surface area contributed by atoms with Crippen LogP contribution in [0.2, 0.25) is 0 Å². The Morgan fingerprint density at radius 3 is 1.88 bits per heavy atom. The highest BCUT2D eigenvalue weighted by atomic mass is 16.2. The van der Waals surface area contributed by atoms with E-state index in [2.05, 4.69) is 0 Å². The lowest BCUT2D eigenvalue weighted by Gasteiger charge is -2.10. The molecule has 4 nitrogen and oxygen atoms in total. The standard InChI is InChI=1S/C12H16N2O2/c1-14(2)12(16)8-10-5-3-9(4-6-10)7-11(13)15/h3-6H,7-8H2,1-2H3,(H2,13,15). The van der Waals surface area contributed by atoms with Crippen LogP contribution in [0.5, 0.6) is 0 Å². The van der Waals surface area contributed by atoms with Crippen molar-refractivity contribution in [2.75, 3.05) is 14.1 Å². The average Bonchev–Trinajstić information content (AvgIpc) is 2.20. The zero-order valence-electron chi connectivity index (χ0n) is 9.56. The van der Waals surface area contributed by atoms with Gasteiger partial charge < -0.3 is 10.6 Å². The molecule has 0 unspecified atom stereocenters. The Morgan fingerprint density at radius 2 is 1.50 bits per heavy atom. The summed E-state index contributed by atoms with van der Waals surface area (Å²) in [5, 5.41) is 0. The van der Waals surface area contributed by atoms with Crippen molar-refractivity contribution in [3.63, 3.8) is 0 Å². The third-order valence-electron chi connectivity index (χ3n) is 2.26. The highest BCUT2D eigenvalue weighted by Crippen LogP contribution is 2.06. The Kier molecular flexibility index (Phi) is 4.05. The molecule has 16 heavy (non-hydrogen) atoms. The molecule has 0 atom stereocenters. The van der Waals surface area contributed by atoms with Crippen molar-refractivity contribution >= 4 is 11.8 Å². The number of hydrogen-bond donors (Lipinski definition) is 1. The first-order valence-corrected chi connectivity index (χ1v) is 5.05. The molecule has 0 saturated heterocycles. The topological polar surface area (TPSA) is 63.4 Å². The van der Waals surface area contributed by atoms with Crippen LogP contribution in [0.1, 0.15) is 11.1 Å². The van der Waals surface area contributed by atoms with Crippen LogP contribution in [0, 0.1) is 0 Å². The molecule has 86 valence electrons. The second-order valence-corrected chi connectivity index (χ2v) is 3.92. The van der Waals surface area contributed by atoms with Crippen LogP contribution in [-0.4, -0.2) is 30.8 Å². The fourth-order valence-electron chi connectivity index (χ4n) is 1.31. The van der Waals surface area contributed by atoms with Gasteiger partial charge in [0.05, 0.1) is 12.8 Å². The van der Waals surface area contributed by atoms with E-state index in [1.807, 2.05) is 24.3 Å². The summed E-state index contributed by atoms with van der Waals surface area (Å²) >= 11 is 0. The molecule has 0 bridgehead atoms. The summed E-state index contributed by atoms with van der Waals surface area (Å²) in [6, 6.07) is 7.34. The van der Waals surface area contributed by atoms with E-state index in [1.54, 1.807) is 19.0 Å². The van der Waals surface area contributed by atoms with Crippen molar-refractivity contribution in [2.45, 2.75) is 12.8 Å². The van der Waals surface area contributed by atoms with Gasteiger partial charge in [-0.1, -0.05) is 24.3 Å². The summed E-state index contributed by atoms with van der Waals surface area (Å²) in [5.41, 5.74) is 6.89. The van der Waals surface area contributed by atoms with Gasteiger partial charge in [0.2, 0.25) is 11.8 Å². The molecule has 0 saturated carbocycles. The Morgan fingerprint density at radius 1 is 1.06 bits per heavy atom. The summed E-state index contributed by atoms with van der Waals surface area (Å²) in [5.74, 6) is -0.292. The van der Waals surface area contributed by atoms with Crippen LogP contribution in [-0.2, 0) is 22.4 Å². The Hall–Kier alpha value is -1.84. The molecule has 2 N–H and O–H groups in total. The predicted molar refractivity (Wildman–Crippen MR) is 61.7 cm³/mol. The van der Waals surface area contributed by atoms with Gasteiger partial charge in [0.25, 0.3) is 0 Å². The maximum atomic E-state index is 11.4. The maximum Gasteiger partial charge on any atom is 0.226 e. The highest BCUT2D eigenvalue weighted by molar-refractivity contribution is 5.78. The number of benzene rings is 1. The third kappa shape index (κ3) is 3.73. The van der Waals surface area contributed by atoms with E-state index in [9.17, 15) is 9.59 Å². The zero-order chi connectivity index (χ0) is 12.1. The number of amides is 2. The molecule has 1 aromatic rings. The second-order valence-electron chi connectivity index (χ2n) is 3.92. The number of hydrogen-bond acceptors (Lipinski definition) is 2. The van der Waals surface area contributed by atoms with Gasteiger partial charge >= 0.3 is 0 Å². The molecule has 0 spiro atoms. The van der Waals surface area contributed by atoms with Crippen molar-refractivity contribution in [2.24, 2.45) is 5.73 Å². The molecule has 2 amide bonds. The number of rotatable bonds is 4. The minimum Gasteiger partial charge on any atom is -0.369 e. The Balaban J connectivity index is 2.64. The van der Waals surface area contributed by atoms with Gasteiger partial charge in [-0.2, -0.15) is 0 Å². The fraction of sp³-hybridized carbons (Fsp3) is 0.333. The molecule has 1 aromatic carbocycles. The van der Waals surface area contributed by atoms with Gasteiger partial charge in [-0.25, -0.2) is 0 Å². The van der Waals surface area contributed by atoms with E-state index in [1.165, 1.54) is 0 Å². The van der Waals surface area contributed by atoms with Crippen molar-refractivity contribution < 1.29 is 9.59 Å². The SMILES string of the molecule is CN(C)C(=O)Cc1ccc(CC(N)=O)cc1. The molecule has 0 aliphatic carbocycles. The molecule has 0 heterocycles. The van der Waals surface area contributed by atoms with Crippen LogP contribution < -0.4 is 5.73 Å². The summed E-state index contributed by atoms with van der Waals surface area (Å²) in [4.78, 5) is 23.7. The number of nitrogens with zero attached hydrogens (tertiary/aromatic N) is 1. The fourth-order valence-corrected chi connectivity index (χ4v) is 1.31. The molecule has 0 aliphatic heterocycles. The number of carbonyl (C=O) groups is 2. The molecule has 1 rings (SSSR count). The van der Waals surface area contributed by atoms with Crippen molar-refractivity contribution in [1.29, 1.82) is 0 Å². The average molecular weight is 220 g/mol. The minimum atomic E-state index is -0.350. The van der Waals surface area contributed by atoms with Crippen LogP contribution in [0.15, 0.2) is 24.3 Å². The molecule has 0 aliphatic rings. The summed E-state index contributed by atoms with van der Waals surface area (Å²) < 4.78 is 0. The van der Waals surface area contributed by atoms with Gasteiger partial charge in [-0.3, -0.25) is 9.59 Å². The number of primary amides is 1. The van der Waals surface area contributed by atoms with Crippen LogP contribution >= 0.6 is 0 Å². The molecular formula is C12H16N2O2. The van der Waals surface area contributed by atoms with E-state index >= 15 is 0 Å². The molecule has 0 radical (unpaired) electrons. The smallest absolute Gasteiger partial charge is 0.226 e. The highest BCUT2D eigenvalue weighted by Gasteiger charge is 2.05. The van der Waals surface area contributed by atoms with E-state index in [0.717, 1.165) is 11.1 Å². The first-order valence-electron chi connectivity index (χ1n) is 5.05. The van der Waals surface area contributed by atoms with E-state index in [4.69, 9.17) is 5.73 Å². The van der Waals surface area contributed by atoms with Crippen LogP contribution in [0.4, 0.5) is 0 Å². The van der Waals surface area contributed by atoms with Crippen LogP contribution in [0.3, 0.4) is 0 Å². The Bertz CT molecular complexity index is 383. The normalized spacial score (nSPS) is 9.88. The monoisotopic (exact) mass is 220 g/mol. The molecule has 0 fully saturated rings. The van der Waals surface area contributed by atoms with Gasteiger partial charge in [0.1, 0.15) is 0 Å².